The second-order valence-electron chi connectivity index (χ2n) is 5.81. The second-order valence-corrected chi connectivity index (χ2v) is 6.91. The molecule has 4 N–H and O–H groups in total. The molecule has 0 radical (unpaired) electrons. The van der Waals surface area contributed by atoms with Crippen molar-refractivity contribution in [2.24, 2.45) is 0 Å². The van der Waals surface area contributed by atoms with E-state index in [1.165, 1.54) is 32.4 Å². The number of hydrogen-bond donors (Lipinski definition) is 2. The topological polar surface area (TPSA) is 99.1 Å². The molecule has 0 atom stereocenters. The molecule has 0 unspecified atom stereocenters. The minimum atomic E-state index is 0.223. The Bertz CT molecular complexity index is 619. The summed E-state index contributed by atoms with van der Waals surface area (Å²) in [7, 11) is 0. The van der Waals surface area contributed by atoms with E-state index < -0.39 is 0 Å². The Kier molecular flexibility index (Phi) is 5.45. The number of anilines is 2. The Morgan fingerprint density at radius 1 is 1.13 bits per heavy atom. The summed E-state index contributed by atoms with van der Waals surface area (Å²) in [5.41, 5.74) is 11.2. The molecule has 8 heteroatoms. The van der Waals surface area contributed by atoms with Crippen LogP contribution in [-0.4, -0.2) is 38.5 Å². The van der Waals surface area contributed by atoms with Gasteiger partial charge in [0.05, 0.1) is 18.8 Å². The van der Waals surface area contributed by atoms with Crippen LogP contribution in [0.25, 0.3) is 0 Å². The van der Waals surface area contributed by atoms with Crippen molar-refractivity contribution in [2.75, 3.05) is 30.3 Å². The Morgan fingerprint density at radius 3 is 2.65 bits per heavy atom. The van der Waals surface area contributed by atoms with Crippen molar-refractivity contribution in [2.45, 2.75) is 38.1 Å². The number of furan rings is 1. The lowest BCUT2D eigenvalue weighted by Gasteiger charge is -2.25. The first-order valence-electron chi connectivity index (χ1n) is 8.04. The summed E-state index contributed by atoms with van der Waals surface area (Å²) in [5.74, 6) is 4.41. The van der Waals surface area contributed by atoms with Crippen LogP contribution in [0.5, 0.6) is 0 Å². The predicted octanol–water partition coefficient (Wildman–Crippen LogP) is 1.95. The summed E-state index contributed by atoms with van der Waals surface area (Å²) in [5, 5.41) is 4.04. The van der Waals surface area contributed by atoms with Gasteiger partial charge in [0, 0.05) is 5.75 Å². The van der Waals surface area contributed by atoms with Crippen molar-refractivity contribution in [1.29, 1.82) is 0 Å². The van der Waals surface area contributed by atoms with Crippen LogP contribution in [0.2, 0.25) is 0 Å². The van der Waals surface area contributed by atoms with Gasteiger partial charge in [-0.25, -0.2) is 4.68 Å². The molecule has 3 rings (SSSR count). The second kappa shape index (κ2) is 7.74. The van der Waals surface area contributed by atoms with Gasteiger partial charge in [-0.15, -0.1) is 5.10 Å². The quantitative estimate of drug-likeness (QED) is 0.746. The molecule has 0 aliphatic carbocycles. The highest BCUT2D eigenvalue weighted by atomic mass is 32.2. The van der Waals surface area contributed by atoms with Gasteiger partial charge in [-0.3, -0.25) is 4.90 Å². The lowest BCUT2D eigenvalue weighted by molar-refractivity contribution is 0.204. The third-order valence-electron chi connectivity index (χ3n) is 3.95. The summed E-state index contributed by atoms with van der Waals surface area (Å²) >= 11 is 1.79. The molecule has 2 aromatic heterocycles. The van der Waals surface area contributed by atoms with Gasteiger partial charge in [-0.1, -0.05) is 6.42 Å². The van der Waals surface area contributed by atoms with E-state index >= 15 is 0 Å². The first-order valence-corrected chi connectivity index (χ1v) is 9.19. The zero-order chi connectivity index (χ0) is 16.1. The number of hydrogen-bond acceptors (Lipinski definition) is 7. The molecule has 1 aliphatic rings. The molecule has 3 heterocycles. The lowest BCUT2D eigenvalue weighted by atomic mass is 10.1. The highest BCUT2D eigenvalue weighted by Gasteiger charge is 2.12. The number of nitrogen functional groups attached to an aromatic ring is 2. The zero-order valence-corrected chi connectivity index (χ0v) is 14.1. The zero-order valence-electron chi connectivity index (χ0n) is 13.3. The summed E-state index contributed by atoms with van der Waals surface area (Å²) in [4.78, 5) is 6.35. The maximum Gasteiger partial charge on any atom is 0.241 e. The largest absolute Gasteiger partial charge is 0.464 e. The maximum absolute atomic E-state index is 5.92. The molecule has 1 saturated heterocycles. The first-order chi connectivity index (χ1) is 11.2. The molecular weight excluding hydrogens is 312 g/mol. The fraction of sp³-hybridized carbons (Fsp3) is 0.600. The summed E-state index contributed by atoms with van der Waals surface area (Å²) in [6.07, 6.45) is 3.97. The number of piperidine rings is 1. The number of thioether (sulfide) groups is 1. The molecule has 0 saturated carbocycles. The molecule has 0 amide bonds. The van der Waals surface area contributed by atoms with Gasteiger partial charge in [0.25, 0.3) is 0 Å². The van der Waals surface area contributed by atoms with Crippen LogP contribution in [-0.2, 0) is 18.8 Å². The van der Waals surface area contributed by atoms with Crippen LogP contribution in [0, 0.1) is 0 Å². The van der Waals surface area contributed by atoms with Crippen molar-refractivity contribution in [3.63, 3.8) is 0 Å². The van der Waals surface area contributed by atoms with Gasteiger partial charge in [0.1, 0.15) is 11.5 Å². The van der Waals surface area contributed by atoms with Gasteiger partial charge in [0.2, 0.25) is 11.9 Å². The molecule has 0 aromatic carbocycles. The third kappa shape index (κ3) is 4.65. The van der Waals surface area contributed by atoms with Gasteiger partial charge in [0.15, 0.2) is 0 Å². The molecule has 23 heavy (non-hydrogen) atoms. The average molecular weight is 336 g/mol. The SMILES string of the molecule is Nc1nc(N)n(CCSCc2ccc(CN3CCCCC3)o2)n1. The minimum absolute atomic E-state index is 0.223. The number of nitrogens with two attached hydrogens (primary N) is 2. The van der Waals surface area contributed by atoms with Crippen molar-refractivity contribution in [3.05, 3.63) is 23.7 Å². The third-order valence-corrected chi connectivity index (χ3v) is 4.91. The van der Waals surface area contributed by atoms with Crippen LogP contribution in [0.1, 0.15) is 30.8 Å². The van der Waals surface area contributed by atoms with Gasteiger partial charge in [-0.2, -0.15) is 16.7 Å². The molecule has 1 fully saturated rings. The fourth-order valence-electron chi connectivity index (χ4n) is 2.78. The van der Waals surface area contributed by atoms with E-state index in [0.29, 0.717) is 12.5 Å². The van der Waals surface area contributed by atoms with Crippen LogP contribution in [0.3, 0.4) is 0 Å². The fourth-order valence-corrected chi connectivity index (χ4v) is 3.59. The molecular formula is C15H24N6OS. The van der Waals surface area contributed by atoms with E-state index in [1.807, 2.05) is 0 Å². The van der Waals surface area contributed by atoms with Crippen molar-refractivity contribution < 1.29 is 4.42 Å². The molecule has 2 aromatic rings. The molecule has 126 valence electrons. The average Bonchev–Trinajstić information content (AvgIpc) is 3.11. The van der Waals surface area contributed by atoms with E-state index in [1.54, 1.807) is 16.4 Å². The van der Waals surface area contributed by atoms with Gasteiger partial charge in [-0.05, 0) is 38.1 Å². The van der Waals surface area contributed by atoms with E-state index in [0.717, 1.165) is 29.6 Å². The Labute approximate surface area is 140 Å². The van der Waals surface area contributed by atoms with Crippen LogP contribution in [0.15, 0.2) is 16.5 Å². The highest BCUT2D eigenvalue weighted by molar-refractivity contribution is 7.98. The van der Waals surface area contributed by atoms with Crippen LogP contribution < -0.4 is 11.5 Å². The Hall–Kier alpha value is -1.67. The monoisotopic (exact) mass is 336 g/mol. The van der Waals surface area contributed by atoms with Crippen LogP contribution in [0.4, 0.5) is 11.9 Å². The standard InChI is InChI=1S/C15H24N6OS/c16-14-18-15(17)21(19-14)8-9-23-11-13-5-4-12(22-13)10-20-6-2-1-3-7-20/h4-5H,1-3,6-11H2,(H4,16,17,18,19). The van der Waals surface area contributed by atoms with Crippen molar-refractivity contribution in [3.8, 4) is 0 Å². The van der Waals surface area contributed by atoms with Crippen molar-refractivity contribution in [1.82, 2.24) is 19.7 Å². The van der Waals surface area contributed by atoms with E-state index in [2.05, 4.69) is 27.1 Å². The normalized spacial score (nSPS) is 16.0. The lowest BCUT2D eigenvalue weighted by Crippen LogP contribution is -2.28. The summed E-state index contributed by atoms with van der Waals surface area (Å²) in [6, 6.07) is 4.18. The van der Waals surface area contributed by atoms with Crippen molar-refractivity contribution >= 4 is 23.7 Å². The summed E-state index contributed by atoms with van der Waals surface area (Å²) < 4.78 is 7.56. The molecule has 7 nitrogen and oxygen atoms in total. The molecule has 1 aliphatic heterocycles. The smallest absolute Gasteiger partial charge is 0.241 e. The first kappa shape index (κ1) is 16.2. The highest BCUT2D eigenvalue weighted by Crippen LogP contribution is 2.19. The molecule has 0 spiro atoms. The van der Waals surface area contributed by atoms with E-state index in [-0.39, 0.29) is 5.95 Å². The number of aromatic nitrogens is 3. The maximum atomic E-state index is 5.92. The minimum Gasteiger partial charge on any atom is -0.464 e. The predicted molar refractivity (Wildman–Crippen MR) is 92.8 cm³/mol. The summed E-state index contributed by atoms with van der Waals surface area (Å²) in [6.45, 7) is 4.00. The Morgan fingerprint density at radius 2 is 1.91 bits per heavy atom. The van der Waals surface area contributed by atoms with Gasteiger partial charge < -0.3 is 15.9 Å². The van der Waals surface area contributed by atoms with E-state index in [4.69, 9.17) is 15.9 Å². The Balaban J connectivity index is 1.39. The van der Waals surface area contributed by atoms with E-state index in [9.17, 15) is 0 Å². The number of aryl methyl sites for hydroxylation is 1. The van der Waals surface area contributed by atoms with Gasteiger partial charge >= 0.3 is 0 Å². The molecule has 0 bridgehead atoms. The van der Waals surface area contributed by atoms with Crippen LogP contribution >= 0.6 is 11.8 Å². The number of likely N-dealkylation sites (tertiary alicyclic amines) is 1. The number of rotatable bonds is 7. The number of nitrogens with zero attached hydrogens (tertiary/aromatic N) is 4.